The summed E-state index contributed by atoms with van der Waals surface area (Å²) in [6.07, 6.45) is 4.69. The Morgan fingerprint density at radius 1 is 1.00 bits per heavy atom. The number of carbonyl (C=O) groups is 2. The maximum Gasteiger partial charge on any atom is 0.257 e. The van der Waals surface area contributed by atoms with Crippen molar-refractivity contribution < 1.29 is 19.1 Å². The Kier molecular flexibility index (Phi) is 7.23. The molecule has 1 atom stereocenters. The van der Waals surface area contributed by atoms with Gasteiger partial charge in [0, 0.05) is 51.0 Å². The van der Waals surface area contributed by atoms with Gasteiger partial charge in [-0.15, -0.1) is 0 Å². The van der Waals surface area contributed by atoms with Crippen LogP contribution in [0.15, 0.2) is 18.2 Å². The minimum atomic E-state index is 0.00917. The normalized spacial score (nSPS) is 21.8. The lowest BCUT2D eigenvalue weighted by Crippen LogP contribution is -2.42. The predicted molar refractivity (Wildman–Crippen MR) is 123 cm³/mol. The van der Waals surface area contributed by atoms with Gasteiger partial charge in [0.25, 0.3) is 5.91 Å². The van der Waals surface area contributed by atoms with Gasteiger partial charge in [-0.25, -0.2) is 0 Å². The summed E-state index contributed by atoms with van der Waals surface area (Å²) in [4.78, 5) is 32.1. The van der Waals surface area contributed by atoms with Crippen LogP contribution in [0, 0.1) is 5.92 Å². The molecule has 3 fully saturated rings. The van der Waals surface area contributed by atoms with E-state index in [9.17, 15) is 9.59 Å². The fourth-order valence-corrected chi connectivity index (χ4v) is 5.00. The van der Waals surface area contributed by atoms with Gasteiger partial charge in [-0.2, -0.15) is 0 Å². The zero-order chi connectivity index (χ0) is 22.7. The van der Waals surface area contributed by atoms with Crippen LogP contribution in [0.5, 0.6) is 11.5 Å². The van der Waals surface area contributed by atoms with E-state index in [1.807, 2.05) is 21.9 Å². The molecule has 0 spiro atoms. The molecule has 176 valence electrons. The lowest BCUT2D eigenvalue weighted by atomic mass is 10.1. The maximum absolute atomic E-state index is 13.5. The van der Waals surface area contributed by atoms with Gasteiger partial charge in [0.15, 0.2) is 0 Å². The molecule has 4 rings (SSSR count). The van der Waals surface area contributed by atoms with Crippen LogP contribution >= 0.6 is 0 Å². The summed E-state index contributed by atoms with van der Waals surface area (Å²) in [5.74, 6) is 1.86. The van der Waals surface area contributed by atoms with Crippen LogP contribution in [0.1, 0.15) is 56.3 Å². The predicted octanol–water partition coefficient (Wildman–Crippen LogP) is 3.03. The van der Waals surface area contributed by atoms with E-state index in [2.05, 4.69) is 18.7 Å². The molecule has 0 aromatic heterocycles. The van der Waals surface area contributed by atoms with Crippen molar-refractivity contribution in [1.82, 2.24) is 14.7 Å². The van der Waals surface area contributed by atoms with Crippen molar-refractivity contribution in [2.75, 3.05) is 46.4 Å². The van der Waals surface area contributed by atoms with Crippen molar-refractivity contribution in [3.63, 3.8) is 0 Å². The number of rotatable bonds is 8. The topological polar surface area (TPSA) is 62.3 Å². The van der Waals surface area contributed by atoms with Crippen molar-refractivity contribution in [1.29, 1.82) is 0 Å². The van der Waals surface area contributed by atoms with Crippen molar-refractivity contribution >= 4 is 11.8 Å². The van der Waals surface area contributed by atoms with Gasteiger partial charge >= 0.3 is 0 Å². The number of amides is 2. The van der Waals surface area contributed by atoms with Crippen molar-refractivity contribution in [2.45, 2.75) is 58.1 Å². The highest BCUT2D eigenvalue weighted by Gasteiger charge is 2.36. The number of ether oxygens (including phenoxy) is 2. The molecule has 2 heterocycles. The summed E-state index contributed by atoms with van der Waals surface area (Å²) in [5, 5.41) is 0. The molecule has 7 heteroatoms. The van der Waals surface area contributed by atoms with Gasteiger partial charge in [0.05, 0.1) is 12.7 Å². The molecule has 0 bridgehead atoms. The van der Waals surface area contributed by atoms with E-state index in [1.54, 1.807) is 13.2 Å². The number of carbonyl (C=O) groups excluding carboxylic acids is 2. The molecular weight excluding hydrogens is 406 g/mol. The molecule has 3 aliphatic rings. The SMILES string of the molecule is CCN(CC)[C@@H]1CCN(C(=O)c2cc(OC)ccc2OC2CCN(C(=O)C3CC3)CC2)C1. The summed E-state index contributed by atoms with van der Waals surface area (Å²) in [6.45, 7) is 9.32. The Bertz CT molecular complexity index is 813. The van der Waals surface area contributed by atoms with E-state index in [1.165, 1.54) is 0 Å². The number of hydrogen-bond donors (Lipinski definition) is 0. The fraction of sp³-hybridized carbons (Fsp3) is 0.680. The van der Waals surface area contributed by atoms with Crippen LogP contribution in [0.2, 0.25) is 0 Å². The van der Waals surface area contributed by atoms with E-state index >= 15 is 0 Å². The molecule has 1 aromatic carbocycles. The number of likely N-dealkylation sites (tertiary alicyclic amines) is 2. The second-order valence-corrected chi connectivity index (χ2v) is 9.19. The highest BCUT2D eigenvalue weighted by Crippen LogP contribution is 2.33. The number of methoxy groups -OCH3 is 1. The number of likely N-dealkylation sites (N-methyl/N-ethyl adjacent to an activating group) is 1. The zero-order valence-corrected chi connectivity index (χ0v) is 19.7. The molecule has 1 aliphatic carbocycles. The molecule has 2 aliphatic heterocycles. The first-order valence-corrected chi connectivity index (χ1v) is 12.2. The largest absolute Gasteiger partial charge is 0.497 e. The van der Waals surface area contributed by atoms with Crippen molar-refractivity contribution in [2.24, 2.45) is 5.92 Å². The van der Waals surface area contributed by atoms with Gasteiger partial charge in [-0.3, -0.25) is 14.5 Å². The first-order valence-electron chi connectivity index (χ1n) is 12.2. The van der Waals surface area contributed by atoms with E-state index in [4.69, 9.17) is 9.47 Å². The molecule has 1 saturated carbocycles. The quantitative estimate of drug-likeness (QED) is 0.618. The summed E-state index contributed by atoms with van der Waals surface area (Å²) in [6, 6.07) is 5.91. The maximum atomic E-state index is 13.5. The fourth-order valence-electron chi connectivity index (χ4n) is 5.00. The Morgan fingerprint density at radius 2 is 1.69 bits per heavy atom. The van der Waals surface area contributed by atoms with Gasteiger partial charge in [0.1, 0.15) is 17.6 Å². The van der Waals surface area contributed by atoms with Crippen molar-refractivity contribution in [3.8, 4) is 11.5 Å². The second-order valence-electron chi connectivity index (χ2n) is 9.19. The van der Waals surface area contributed by atoms with Gasteiger partial charge in [-0.1, -0.05) is 13.8 Å². The first-order chi connectivity index (χ1) is 15.5. The van der Waals surface area contributed by atoms with Crippen LogP contribution in [-0.4, -0.2) is 85.0 Å². The Hall–Kier alpha value is -2.28. The number of benzene rings is 1. The van der Waals surface area contributed by atoms with E-state index < -0.39 is 0 Å². The highest BCUT2D eigenvalue weighted by molar-refractivity contribution is 5.97. The Labute approximate surface area is 191 Å². The van der Waals surface area contributed by atoms with Gasteiger partial charge in [-0.05, 0) is 50.6 Å². The standard InChI is InChI=1S/C25H37N3O4/c1-4-26(5-2)19-10-13-28(17-19)25(30)22-16-21(31-3)8-9-23(22)32-20-11-14-27(15-12-20)24(29)18-6-7-18/h8-9,16,18-20H,4-7,10-15,17H2,1-3H3/t19-/m1/s1. The van der Waals surface area contributed by atoms with Crippen LogP contribution in [-0.2, 0) is 4.79 Å². The molecule has 0 unspecified atom stereocenters. The number of hydrogen-bond acceptors (Lipinski definition) is 5. The molecular formula is C25H37N3O4. The van der Waals surface area contributed by atoms with Crippen molar-refractivity contribution in [3.05, 3.63) is 23.8 Å². The van der Waals surface area contributed by atoms with E-state index in [0.29, 0.717) is 29.0 Å². The van der Waals surface area contributed by atoms with Crippen LogP contribution < -0.4 is 9.47 Å². The molecule has 7 nitrogen and oxygen atoms in total. The molecule has 2 amide bonds. The molecule has 2 saturated heterocycles. The van der Waals surface area contributed by atoms with Crippen LogP contribution in [0.4, 0.5) is 0 Å². The monoisotopic (exact) mass is 443 g/mol. The summed E-state index contributed by atoms with van der Waals surface area (Å²) in [5.41, 5.74) is 0.570. The number of nitrogens with zero attached hydrogens (tertiary/aromatic N) is 3. The van der Waals surface area contributed by atoms with E-state index in [-0.39, 0.29) is 17.9 Å². The second kappa shape index (κ2) is 10.1. The first kappa shape index (κ1) is 22.9. The zero-order valence-electron chi connectivity index (χ0n) is 19.7. The van der Waals surface area contributed by atoms with E-state index in [0.717, 1.165) is 71.4 Å². The third-order valence-electron chi connectivity index (χ3n) is 7.17. The Balaban J connectivity index is 1.42. The average Bonchev–Trinajstić information content (AvgIpc) is 3.57. The molecule has 0 radical (unpaired) electrons. The van der Waals surface area contributed by atoms with Crippen LogP contribution in [0.25, 0.3) is 0 Å². The smallest absolute Gasteiger partial charge is 0.257 e. The third-order valence-corrected chi connectivity index (χ3v) is 7.17. The summed E-state index contributed by atoms with van der Waals surface area (Å²) < 4.78 is 11.7. The summed E-state index contributed by atoms with van der Waals surface area (Å²) >= 11 is 0. The Morgan fingerprint density at radius 3 is 2.31 bits per heavy atom. The third kappa shape index (κ3) is 5.03. The molecule has 32 heavy (non-hydrogen) atoms. The highest BCUT2D eigenvalue weighted by atomic mass is 16.5. The molecule has 0 N–H and O–H groups in total. The number of piperidine rings is 1. The lowest BCUT2D eigenvalue weighted by Gasteiger charge is -2.33. The average molecular weight is 444 g/mol. The van der Waals surface area contributed by atoms with Gasteiger partial charge in [0.2, 0.25) is 5.91 Å². The van der Waals surface area contributed by atoms with Crippen LogP contribution in [0.3, 0.4) is 0 Å². The van der Waals surface area contributed by atoms with Gasteiger partial charge < -0.3 is 19.3 Å². The minimum absolute atomic E-state index is 0.00917. The molecule has 1 aromatic rings. The lowest BCUT2D eigenvalue weighted by molar-refractivity contribution is -0.134. The summed E-state index contributed by atoms with van der Waals surface area (Å²) in [7, 11) is 1.61. The minimum Gasteiger partial charge on any atom is -0.497 e.